The molecule has 42 heavy (non-hydrogen) atoms. The predicted octanol–water partition coefficient (Wildman–Crippen LogP) is 5.35. The monoisotopic (exact) mass is 595 g/mol. The average molecular weight is 596 g/mol. The lowest BCUT2D eigenvalue weighted by Crippen LogP contribution is -2.54. The van der Waals surface area contributed by atoms with Crippen LogP contribution in [0.4, 0.5) is 20.6 Å². The third kappa shape index (κ3) is 7.05. The molecule has 0 atom stereocenters. The summed E-state index contributed by atoms with van der Waals surface area (Å²) in [4.78, 5) is 51.6. The molecule has 1 fully saturated rings. The summed E-state index contributed by atoms with van der Waals surface area (Å²) in [6.07, 6.45) is 2.05. The third-order valence-electron chi connectivity index (χ3n) is 5.82. The number of hydrogen-bond donors (Lipinski definition) is 2. The van der Waals surface area contributed by atoms with Gasteiger partial charge in [-0.1, -0.05) is 36.7 Å². The van der Waals surface area contributed by atoms with Gasteiger partial charge in [-0.2, -0.15) is 0 Å². The highest BCUT2D eigenvalue weighted by Gasteiger charge is 2.37. The van der Waals surface area contributed by atoms with Gasteiger partial charge in [-0.05, 0) is 61.4 Å². The van der Waals surface area contributed by atoms with Gasteiger partial charge in [-0.15, -0.1) is 0 Å². The maximum absolute atomic E-state index is 13.8. The second kappa shape index (κ2) is 13.6. The van der Waals surface area contributed by atoms with Crippen molar-refractivity contribution in [3.8, 4) is 17.2 Å². The molecule has 0 bridgehead atoms. The number of nitrogens with zero attached hydrogens (tertiary/aromatic N) is 1. The average Bonchev–Trinajstić information content (AvgIpc) is 2.95. The summed E-state index contributed by atoms with van der Waals surface area (Å²) in [6.45, 7) is 4.08. The van der Waals surface area contributed by atoms with E-state index in [-0.39, 0.29) is 27.7 Å². The first kappa shape index (κ1) is 30.1. The van der Waals surface area contributed by atoms with Crippen molar-refractivity contribution in [3.05, 3.63) is 82.6 Å². The molecule has 0 saturated carbocycles. The van der Waals surface area contributed by atoms with Gasteiger partial charge < -0.3 is 19.5 Å². The summed E-state index contributed by atoms with van der Waals surface area (Å²) in [5.41, 5.74) is 0.234. The third-order valence-corrected chi connectivity index (χ3v) is 6.12. The molecular formula is C30H27ClFN3O7. The van der Waals surface area contributed by atoms with Gasteiger partial charge in [-0.3, -0.25) is 19.7 Å². The van der Waals surface area contributed by atoms with E-state index in [0.717, 1.165) is 11.3 Å². The van der Waals surface area contributed by atoms with Gasteiger partial charge in [0.1, 0.15) is 17.1 Å². The van der Waals surface area contributed by atoms with Crippen LogP contribution in [0.3, 0.4) is 0 Å². The molecule has 0 aliphatic carbocycles. The van der Waals surface area contributed by atoms with Crippen LogP contribution in [0.2, 0.25) is 5.02 Å². The lowest BCUT2D eigenvalue weighted by atomic mass is 10.1. The van der Waals surface area contributed by atoms with E-state index in [1.165, 1.54) is 54.6 Å². The van der Waals surface area contributed by atoms with E-state index in [2.05, 4.69) is 10.6 Å². The van der Waals surface area contributed by atoms with E-state index in [0.29, 0.717) is 30.3 Å². The van der Waals surface area contributed by atoms with Gasteiger partial charge in [0.15, 0.2) is 18.1 Å². The van der Waals surface area contributed by atoms with E-state index in [4.69, 9.17) is 25.8 Å². The van der Waals surface area contributed by atoms with E-state index in [1.54, 1.807) is 19.1 Å². The Kier molecular flexibility index (Phi) is 9.77. The number of halogens is 2. The van der Waals surface area contributed by atoms with Crippen molar-refractivity contribution in [2.24, 2.45) is 0 Å². The zero-order chi connectivity index (χ0) is 30.2. The quantitative estimate of drug-likeness (QED) is 0.226. The molecule has 12 heteroatoms. The van der Waals surface area contributed by atoms with Crippen LogP contribution < -0.4 is 29.7 Å². The maximum atomic E-state index is 13.8. The molecule has 0 unspecified atom stereocenters. The lowest BCUT2D eigenvalue weighted by molar-refractivity contribution is -0.122. The number of carbonyl (C=O) groups excluding carboxylic acids is 4. The van der Waals surface area contributed by atoms with Crippen LogP contribution in [0.25, 0.3) is 6.08 Å². The molecule has 3 aromatic rings. The fraction of sp³-hybridized carbons (Fsp3) is 0.200. The molecule has 0 spiro atoms. The highest BCUT2D eigenvalue weighted by molar-refractivity contribution is 6.39. The maximum Gasteiger partial charge on any atom is 0.335 e. The molecule has 1 aliphatic heterocycles. The van der Waals surface area contributed by atoms with Gasteiger partial charge in [0.05, 0.1) is 29.6 Å². The van der Waals surface area contributed by atoms with Crippen molar-refractivity contribution >= 4 is 52.8 Å². The van der Waals surface area contributed by atoms with Gasteiger partial charge >= 0.3 is 6.03 Å². The van der Waals surface area contributed by atoms with E-state index in [9.17, 15) is 23.6 Å². The summed E-state index contributed by atoms with van der Waals surface area (Å²) in [6, 6.07) is 13.8. The first-order valence-corrected chi connectivity index (χ1v) is 13.4. The SMILES string of the molecule is CCCOc1ccc(N2C(=O)NC(=O)/C(=C\c3ccc(OCC(=O)Nc4ccccc4F)c(Cl)c3)C2=O)cc1OCC. The molecule has 0 radical (unpaired) electrons. The zero-order valence-corrected chi connectivity index (χ0v) is 23.5. The number of para-hydroxylation sites is 1. The Morgan fingerprint density at radius 3 is 2.45 bits per heavy atom. The molecule has 5 amide bonds. The van der Waals surface area contributed by atoms with Crippen LogP contribution in [-0.4, -0.2) is 43.6 Å². The zero-order valence-electron chi connectivity index (χ0n) is 22.7. The lowest BCUT2D eigenvalue weighted by Gasteiger charge is -2.27. The number of rotatable bonds is 11. The van der Waals surface area contributed by atoms with Crippen LogP contribution in [0.1, 0.15) is 25.8 Å². The molecule has 1 heterocycles. The van der Waals surface area contributed by atoms with Gasteiger partial charge in [0.25, 0.3) is 17.7 Å². The van der Waals surface area contributed by atoms with Crippen molar-refractivity contribution in [1.82, 2.24) is 5.32 Å². The molecule has 3 aromatic carbocycles. The topological polar surface area (TPSA) is 123 Å². The van der Waals surface area contributed by atoms with E-state index >= 15 is 0 Å². The first-order valence-electron chi connectivity index (χ1n) is 13.0. The highest BCUT2D eigenvalue weighted by Crippen LogP contribution is 2.34. The van der Waals surface area contributed by atoms with Crippen LogP contribution in [-0.2, 0) is 14.4 Å². The second-order valence-electron chi connectivity index (χ2n) is 8.88. The number of urea groups is 1. The predicted molar refractivity (Wildman–Crippen MR) is 154 cm³/mol. The van der Waals surface area contributed by atoms with Crippen molar-refractivity contribution in [1.29, 1.82) is 0 Å². The van der Waals surface area contributed by atoms with Crippen LogP contribution in [0.15, 0.2) is 66.2 Å². The van der Waals surface area contributed by atoms with Crippen LogP contribution in [0, 0.1) is 5.82 Å². The van der Waals surface area contributed by atoms with Crippen molar-refractivity contribution in [3.63, 3.8) is 0 Å². The summed E-state index contributed by atoms with van der Waals surface area (Å²) < 4.78 is 30.5. The summed E-state index contributed by atoms with van der Waals surface area (Å²) in [5.74, 6) is -1.97. The largest absolute Gasteiger partial charge is 0.490 e. The van der Waals surface area contributed by atoms with Gasteiger partial charge in [0, 0.05) is 6.07 Å². The fourth-order valence-electron chi connectivity index (χ4n) is 3.91. The standard InChI is InChI=1S/C30H27ClFN3O7/c1-3-13-41-25-12-10-19(16-26(25)40-4-2)35-29(38)20(28(37)34-30(35)39)14-18-9-11-24(21(31)15-18)42-17-27(36)33-23-8-6-5-7-22(23)32/h5-12,14-16H,3-4,13,17H2,1-2H3,(H,33,36)(H,34,37,39)/b20-14+. The number of ether oxygens (including phenoxy) is 3. The second-order valence-corrected chi connectivity index (χ2v) is 9.28. The Morgan fingerprint density at radius 1 is 0.976 bits per heavy atom. The van der Waals surface area contributed by atoms with Crippen molar-refractivity contribution < 1.29 is 37.8 Å². The molecule has 0 aromatic heterocycles. The van der Waals surface area contributed by atoms with Crippen LogP contribution >= 0.6 is 11.6 Å². The summed E-state index contributed by atoms with van der Waals surface area (Å²) in [7, 11) is 0. The number of barbiturate groups is 1. The normalized spacial score (nSPS) is 14.0. The van der Waals surface area contributed by atoms with E-state index < -0.39 is 36.2 Å². The van der Waals surface area contributed by atoms with Crippen LogP contribution in [0.5, 0.6) is 17.2 Å². The number of carbonyl (C=O) groups is 4. The van der Waals surface area contributed by atoms with Gasteiger partial charge in [0.2, 0.25) is 0 Å². The minimum atomic E-state index is -0.915. The minimum absolute atomic E-state index is 0.0111. The summed E-state index contributed by atoms with van der Waals surface area (Å²) in [5, 5.41) is 4.65. The smallest absolute Gasteiger partial charge is 0.335 e. The Bertz CT molecular complexity index is 1560. The molecule has 218 valence electrons. The van der Waals surface area contributed by atoms with Crippen molar-refractivity contribution in [2.75, 3.05) is 30.0 Å². The molecule has 10 nitrogen and oxygen atoms in total. The number of benzene rings is 3. The Balaban J connectivity index is 1.51. The summed E-state index contributed by atoms with van der Waals surface area (Å²) >= 11 is 6.31. The molecule has 1 aliphatic rings. The number of amides is 5. The molecular weight excluding hydrogens is 569 g/mol. The Morgan fingerprint density at radius 2 is 1.74 bits per heavy atom. The minimum Gasteiger partial charge on any atom is -0.490 e. The molecule has 2 N–H and O–H groups in total. The molecule has 4 rings (SSSR count). The molecule has 1 saturated heterocycles. The first-order chi connectivity index (χ1) is 20.2. The van der Waals surface area contributed by atoms with Gasteiger partial charge in [-0.25, -0.2) is 14.1 Å². The highest BCUT2D eigenvalue weighted by atomic mass is 35.5. The fourth-order valence-corrected chi connectivity index (χ4v) is 4.15. The number of imide groups is 2. The number of nitrogens with one attached hydrogen (secondary N) is 2. The number of hydrogen-bond acceptors (Lipinski definition) is 7. The number of anilines is 2. The Labute approximate surface area is 246 Å². The van der Waals surface area contributed by atoms with E-state index in [1.807, 2.05) is 6.92 Å². The Hall–Kier alpha value is -4.90. The van der Waals surface area contributed by atoms with Crippen molar-refractivity contribution in [2.45, 2.75) is 20.3 Å².